The zero-order chi connectivity index (χ0) is 14.2. The van der Waals surface area contributed by atoms with Crippen molar-refractivity contribution in [1.29, 1.82) is 0 Å². The molecule has 2 rings (SSSR count). The number of carboxylic acids is 1. The molecule has 1 fully saturated rings. The van der Waals surface area contributed by atoms with Crippen molar-refractivity contribution in [3.63, 3.8) is 0 Å². The number of ether oxygens (including phenoxy) is 1. The van der Waals surface area contributed by atoms with Crippen LogP contribution in [0.4, 0.5) is 5.82 Å². The first-order valence-corrected chi connectivity index (χ1v) is 6.41. The van der Waals surface area contributed by atoms with Gasteiger partial charge in [0.2, 0.25) is 0 Å². The Labute approximate surface area is 113 Å². The number of aromatic carboxylic acids is 1. The van der Waals surface area contributed by atoms with E-state index >= 15 is 0 Å². The number of aryl methyl sites for hydroxylation is 1. The molecule has 1 aromatic heterocycles. The van der Waals surface area contributed by atoms with E-state index in [0.29, 0.717) is 0 Å². The van der Waals surface area contributed by atoms with Crippen LogP contribution >= 0.6 is 0 Å². The van der Waals surface area contributed by atoms with Crippen molar-refractivity contribution in [3.05, 3.63) is 23.4 Å². The Hall–Kier alpha value is -1.62. The van der Waals surface area contributed by atoms with Gasteiger partial charge >= 0.3 is 5.97 Å². The summed E-state index contributed by atoms with van der Waals surface area (Å²) < 4.78 is 5.86. The highest BCUT2D eigenvalue weighted by atomic mass is 16.5. The number of morpholine rings is 1. The van der Waals surface area contributed by atoms with Gasteiger partial charge in [0.05, 0.1) is 17.3 Å². The van der Waals surface area contributed by atoms with E-state index in [2.05, 4.69) is 23.7 Å². The van der Waals surface area contributed by atoms with E-state index in [0.717, 1.165) is 24.5 Å². The van der Waals surface area contributed by atoms with Gasteiger partial charge in [-0.3, -0.25) is 0 Å². The van der Waals surface area contributed by atoms with E-state index in [9.17, 15) is 4.79 Å². The molecule has 19 heavy (non-hydrogen) atoms. The van der Waals surface area contributed by atoms with Crippen molar-refractivity contribution in [1.82, 2.24) is 4.98 Å². The normalized spacial score (nSPS) is 22.3. The fourth-order valence-electron chi connectivity index (χ4n) is 2.63. The number of hydrogen-bond acceptors (Lipinski definition) is 4. The maximum atomic E-state index is 10.9. The van der Waals surface area contributed by atoms with Crippen molar-refractivity contribution in [3.8, 4) is 0 Å². The van der Waals surface area contributed by atoms with Gasteiger partial charge in [0, 0.05) is 19.3 Å². The van der Waals surface area contributed by atoms with Crippen LogP contribution in [0.1, 0.15) is 36.7 Å². The van der Waals surface area contributed by atoms with Gasteiger partial charge in [0.1, 0.15) is 5.82 Å². The molecule has 1 N–H and O–H groups in total. The summed E-state index contributed by atoms with van der Waals surface area (Å²) in [5, 5.41) is 8.96. The molecule has 1 atom stereocenters. The summed E-state index contributed by atoms with van der Waals surface area (Å²) in [5.41, 5.74) is 0.878. The van der Waals surface area contributed by atoms with Crippen LogP contribution in [-0.2, 0) is 4.74 Å². The molecule has 2 heterocycles. The monoisotopic (exact) mass is 264 g/mol. The predicted molar refractivity (Wildman–Crippen MR) is 72.8 cm³/mol. The Kier molecular flexibility index (Phi) is 3.49. The van der Waals surface area contributed by atoms with Crippen LogP contribution in [0.2, 0.25) is 0 Å². The quantitative estimate of drug-likeness (QED) is 0.886. The van der Waals surface area contributed by atoms with Crippen molar-refractivity contribution >= 4 is 11.8 Å². The number of hydrogen-bond donors (Lipinski definition) is 1. The summed E-state index contributed by atoms with van der Waals surface area (Å²) in [6.07, 6.45) is 1.54. The lowest BCUT2D eigenvalue weighted by Gasteiger charge is -2.42. The zero-order valence-electron chi connectivity index (χ0n) is 11.8. The zero-order valence-corrected chi connectivity index (χ0v) is 11.8. The number of nitrogens with zero attached hydrogens (tertiary/aromatic N) is 2. The lowest BCUT2D eigenvalue weighted by molar-refractivity contribution is -0.0752. The molecule has 0 aliphatic carbocycles. The largest absolute Gasteiger partial charge is 0.478 e. The van der Waals surface area contributed by atoms with Crippen LogP contribution in [0.25, 0.3) is 0 Å². The number of anilines is 1. The first-order valence-electron chi connectivity index (χ1n) is 6.41. The van der Waals surface area contributed by atoms with Crippen LogP contribution in [-0.4, -0.2) is 40.9 Å². The lowest BCUT2D eigenvalue weighted by atomic mass is 10.0. The molecule has 5 nitrogen and oxygen atoms in total. The third kappa shape index (κ3) is 3.04. The first kappa shape index (κ1) is 13.8. The Morgan fingerprint density at radius 3 is 2.79 bits per heavy atom. The number of carbonyl (C=O) groups is 1. The molecule has 104 valence electrons. The average Bonchev–Trinajstić information content (AvgIpc) is 2.25. The average molecular weight is 264 g/mol. The Morgan fingerprint density at radius 1 is 1.58 bits per heavy atom. The molecule has 0 amide bonds. The highest BCUT2D eigenvalue weighted by molar-refractivity contribution is 5.87. The SMILES string of the molecule is Cc1cc(C(=O)O)cnc1N1CC(C)OC(C)(C)C1. The van der Waals surface area contributed by atoms with Crippen molar-refractivity contribution in [2.24, 2.45) is 0 Å². The van der Waals surface area contributed by atoms with E-state index in [4.69, 9.17) is 9.84 Å². The van der Waals surface area contributed by atoms with Gasteiger partial charge in [-0.25, -0.2) is 9.78 Å². The highest BCUT2D eigenvalue weighted by Gasteiger charge is 2.32. The summed E-state index contributed by atoms with van der Waals surface area (Å²) in [4.78, 5) is 17.4. The van der Waals surface area contributed by atoms with Crippen LogP contribution in [0, 0.1) is 6.92 Å². The van der Waals surface area contributed by atoms with Gasteiger partial charge in [-0.2, -0.15) is 0 Å². The standard InChI is InChI=1S/C14H20N2O3/c1-9-5-11(13(17)18)6-15-12(9)16-7-10(2)19-14(3,4)8-16/h5-6,10H,7-8H2,1-4H3,(H,17,18). The van der Waals surface area contributed by atoms with Gasteiger partial charge in [-0.15, -0.1) is 0 Å². The van der Waals surface area contributed by atoms with Crippen LogP contribution in [0.5, 0.6) is 0 Å². The minimum absolute atomic E-state index is 0.129. The second kappa shape index (κ2) is 4.81. The molecule has 0 saturated carbocycles. The molecule has 1 unspecified atom stereocenters. The highest BCUT2D eigenvalue weighted by Crippen LogP contribution is 2.27. The fourth-order valence-corrected chi connectivity index (χ4v) is 2.63. The second-order valence-corrected chi connectivity index (χ2v) is 5.74. The van der Waals surface area contributed by atoms with Gasteiger partial charge in [-0.1, -0.05) is 0 Å². The van der Waals surface area contributed by atoms with E-state index in [1.54, 1.807) is 6.07 Å². The maximum Gasteiger partial charge on any atom is 0.337 e. The van der Waals surface area contributed by atoms with Crippen LogP contribution < -0.4 is 4.90 Å². The topological polar surface area (TPSA) is 62.7 Å². The van der Waals surface area contributed by atoms with Crippen molar-refractivity contribution < 1.29 is 14.6 Å². The summed E-state index contributed by atoms with van der Waals surface area (Å²) in [6.45, 7) is 9.55. The molecule has 1 aliphatic rings. The summed E-state index contributed by atoms with van der Waals surface area (Å²) in [5.74, 6) is -0.106. The summed E-state index contributed by atoms with van der Waals surface area (Å²) in [7, 11) is 0. The van der Waals surface area contributed by atoms with Crippen LogP contribution in [0.3, 0.4) is 0 Å². The van der Waals surface area contributed by atoms with Crippen molar-refractivity contribution in [2.75, 3.05) is 18.0 Å². The molecular formula is C14H20N2O3. The smallest absolute Gasteiger partial charge is 0.337 e. The molecule has 5 heteroatoms. The second-order valence-electron chi connectivity index (χ2n) is 5.74. The Morgan fingerprint density at radius 2 is 2.26 bits per heavy atom. The maximum absolute atomic E-state index is 10.9. The summed E-state index contributed by atoms with van der Waals surface area (Å²) in [6, 6.07) is 1.66. The molecule has 1 aliphatic heterocycles. The Balaban J connectivity index is 2.29. The lowest BCUT2D eigenvalue weighted by Crippen LogP contribution is -2.52. The number of aromatic nitrogens is 1. The number of pyridine rings is 1. The predicted octanol–water partition coefficient (Wildman–Crippen LogP) is 2.09. The van der Waals surface area contributed by atoms with E-state index in [1.165, 1.54) is 6.20 Å². The number of rotatable bonds is 2. The van der Waals surface area contributed by atoms with E-state index < -0.39 is 5.97 Å². The fraction of sp³-hybridized carbons (Fsp3) is 0.571. The minimum atomic E-state index is -0.946. The molecule has 0 bridgehead atoms. The van der Waals surface area contributed by atoms with E-state index in [1.807, 2.05) is 13.8 Å². The molecule has 0 aromatic carbocycles. The van der Waals surface area contributed by atoms with Crippen LogP contribution in [0.15, 0.2) is 12.3 Å². The molecule has 0 radical (unpaired) electrons. The Bertz CT molecular complexity index is 499. The van der Waals surface area contributed by atoms with Gasteiger partial charge in [-0.05, 0) is 39.3 Å². The number of carboxylic acid groups (broad SMARTS) is 1. The van der Waals surface area contributed by atoms with Gasteiger partial charge < -0.3 is 14.7 Å². The summed E-state index contributed by atoms with van der Waals surface area (Å²) >= 11 is 0. The van der Waals surface area contributed by atoms with Crippen molar-refractivity contribution in [2.45, 2.75) is 39.4 Å². The minimum Gasteiger partial charge on any atom is -0.478 e. The third-order valence-corrected chi connectivity index (χ3v) is 3.17. The molecular weight excluding hydrogens is 244 g/mol. The third-order valence-electron chi connectivity index (χ3n) is 3.17. The molecule has 0 spiro atoms. The van der Waals surface area contributed by atoms with Gasteiger partial charge in [0.25, 0.3) is 0 Å². The van der Waals surface area contributed by atoms with Gasteiger partial charge in [0.15, 0.2) is 0 Å². The molecule has 1 aromatic rings. The van der Waals surface area contributed by atoms with E-state index in [-0.39, 0.29) is 17.3 Å². The molecule has 1 saturated heterocycles. The first-order chi connectivity index (χ1) is 8.78.